The van der Waals surface area contributed by atoms with Crippen LogP contribution in [0.15, 0.2) is 29.2 Å². The van der Waals surface area contributed by atoms with Crippen molar-refractivity contribution in [3.8, 4) is 0 Å². The van der Waals surface area contributed by atoms with Crippen molar-refractivity contribution < 1.29 is 4.55 Å². The summed E-state index contributed by atoms with van der Waals surface area (Å²) >= 11 is 0.796. The second-order valence-corrected chi connectivity index (χ2v) is 3.14. The third-order valence-corrected chi connectivity index (χ3v) is 2.05. The van der Waals surface area contributed by atoms with Crippen LogP contribution in [0.5, 0.6) is 0 Å². The third-order valence-electron chi connectivity index (χ3n) is 1.57. The summed E-state index contributed by atoms with van der Waals surface area (Å²) in [6.45, 7) is 2.16. The maximum absolute atomic E-state index is 8.68. The molecule has 0 fully saturated rings. The van der Waals surface area contributed by atoms with Gasteiger partial charge in [0.05, 0.1) is 0 Å². The van der Waals surface area contributed by atoms with Gasteiger partial charge in [0.15, 0.2) is 0 Å². The first kappa shape index (κ1) is 8.62. The molecule has 0 aliphatic rings. The molecular weight excluding hydrogens is 156 g/mol. The first-order valence-corrected chi connectivity index (χ1v) is 4.54. The fourth-order valence-electron chi connectivity index (χ4n) is 1.01. The number of hydrogen-bond acceptors (Lipinski definition) is 2. The van der Waals surface area contributed by atoms with Gasteiger partial charge in [-0.1, -0.05) is 25.5 Å². The molecule has 0 radical (unpaired) electrons. The van der Waals surface area contributed by atoms with Crippen molar-refractivity contribution in [2.24, 2.45) is 0 Å². The first-order valence-electron chi connectivity index (χ1n) is 3.77. The minimum atomic E-state index is 0.796. The van der Waals surface area contributed by atoms with Gasteiger partial charge in [0, 0.05) is 16.9 Å². The quantitative estimate of drug-likeness (QED) is 0.699. The summed E-state index contributed by atoms with van der Waals surface area (Å²) in [5.41, 5.74) is 1.34. The van der Waals surface area contributed by atoms with Gasteiger partial charge >= 0.3 is 0 Å². The van der Waals surface area contributed by atoms with E-state index >= 15 is 0 Å². The largest absolute Gasteiger partial charge is 0.325 e. The van der Waals surface area contributed by atoms with E-state index in [1.165, 1.54) is 12.0 Å². The molecule has 0 amide bonds. The average molecular weight is 168 g/mol. The molecule has 0 aliphatic heterocycles. The first-order chi connectivity index (χ1) is 5.36. The number of hydrogen-bond donors (Lipinski definition) is 1. The Labute approximate surface area is 71.7 Å². The Bertz CT molecular complexity index is 205. The van der Waals surface area contributed by atoms with Gasteiger partial charge in [-0.3, -0.25) is 0 Å². The molecule has 0 spiro atoms. The molecule has 0 saturated heterocycles. The van der Waals surface area contributed by atoms with Gasteiger partial charge in [0.1, 0.15) is 0 Å². The van der Waals surface area contributed by atoms with Crippen LogP contribution in [0.1, 0.15) is 18.9 Å². The van der Waals surface area contributed by atoms with E-state index in [-0.39, 0.29) is 0 Å². The number of aryl methyl sites for hydroxylation is 1. The summed E-state index contributed by atoms with van der Waals surface area (Å²) in [5.74, 6) is 0. The fourth-order valence-corrected chi connectivity index (χ4v) is 1.26. The van der Waals surface area contributed by atoms with Crippen LogP contribution < -0.4 is 0 Å². The van der Waals surface area contributed by atoms with Crippen molar-refractivity contribution in [2.45, 2.75) is 24.7 Å². The molecule has 1 N–H and O–H groups in total. The highest BCUT2D eigenvalue weighted by atomic mass is 32.2. The number of rotatable bonds is 3. The Hall–Kier alpha value is -0.470. The lowest BCUT2D eigenvalue weighted by atomic mass is 10.1. The van der Waals surface area contributed by atoms with Crippen molar-refractivity contribution in [1.29, 1.82) is 0 Å². The van der Waals surface area contributed by atoms with Gasteiger partial charge in [0.25, 0.3) is 0 Å². The SMILES string of the molecule is CCCc1ccc(SO)cc1. The van der Waals surface area contributed by atoms with Gasteiger partial charge in [-0.05, 0) is 24.1 Å². The highest BCUT2D eigenvalue weighted by Crippen LogP contribution is 2.14. The molecule has 0 atom stereocenters. The minimum Gasteiger partial charge on any atom is -0.325 e. The van der Waals surface area contributed by atoms with Crippen LogP contribution in [0.3, 0.4) is 0 Å². The van der Waals surface area contributed by atoms with Crippen LogP contribution in [-0.4, -0.2) is 4.55 Å². The molecule has 11 heavy (non-hydrogen) atoms. The van der Waals surface area contributed by atoms with E-state index in [1.807, 2.05) is 12.1 Å². The second kappa shape index (κ2) is 4.42. The van der Waals surface area contributed by atoms with Crippen molar-refractivity contribution >= 4 is 12.0 Å². The second-order valence-electron chi connectivity index (χ2n) is 2.49. The maximum Gasteiger partial charge on any atom is 0.0351 e. The molecule has 2 heteroatoms. The van der Waals surface area contributed by atoms with Crippen LogP contribution >= 0.6 is 12.0 Å². The molecule has 0 unspecified atom stereocenters. The van der Waals surface area contributed by atoms with E-state index in [0.717, 1.165) is 23.4 Å². The van der Waals surface area contributed by atoms with Crippen LogP contribution in [0, 0.1) is 0 Å². The lowest BCUT2D eigenvalue weighted by Crippen LogP contribution is -1.81. The van der Waals surface area contributed by atoms with Gasteiger partial charge in [-0.2, -0.15) is 0 Å². The molecule has 0 aliphatic carbocycles. The highest BCUT2D eigenvalue weighted by Gasteiger charge is 1.91. The van der Waals surface area contributed by atoms with Crippen LogP contribution in [0.25, 0.3) is 0 Å². The molecular formula is C9H12OS. The topological polar surface area (TPSA) is 20.2 Å². The molecule has 0 aromatic heterocycles. The zero-order valence-corrected chi connectivity index (χ0v) is 7.40. The normalized spacial score (nSPS) is 10.0. The third kappa shape index (κ3) is 2.56. The molecule has 1 rings (SSSR count). The van der Waals surface area contributed by atoms with Crippen molar-refractivity contribution in [2.75, 3.05) is 0 Å². The highest BCUT2D eigenvalue weighted by molar-refractivity contribution is 7.93. The van der Waals surface area contributed by atoms with Crippen molar-refractivity contribution in [3.63, 3.8) is 0 Å². The molecule has 60 valence electrons. The lowest BCUT2D eigenvalue weighted by Gasteiger charge is -1.98. The van der Waals surface area contributed by atoms with E-state index in [1.54, 1.807) is 0 Å². The predicted molar refractivity (Wildman–Crippen MR) is 48.9 cm³/mol. The fraction of sp³-hybridized carbons (Fsp3) is 0.333. The smallest absolute Gasteiger partial charge is 0.0351 e. The standard InChI is InChI=1S/C9H12OS/c1-2-3-8-4-6-9(11-10)7-5-8/h4-7,10H,2-3H2,1H3. The summed E-state index contributed by atoms with van der Waals surface area (Å²) in [6, 6.07) is 8.00. The molecule has 1 nitrogen and oxygen atoms in total. The zero-order chi connectivity index (χ0) is 8.10. The lowest BCUT2D eigenvalue weighted by molar-refractivity contribution is 0.664. The Balaban J connectivity index is 2.66. The van der Waals surface area contributed by atoms with Gasteiger partial charge in [-0.15, -0.1) is 0 Å². The molecule has 0 heterocycles. The minimum absolute atomic E-state index is 0.796. The monoisotopic (exact) mass is 168 g/mol. The summed E-state index contributed by atoms with van der Waals surface area (Å²) < 4.78 is 8.68. The van der Waals surface area contributed by atoms with Gasteiger partial charge < -0.3 is 4.55 Å². The van der Waals surface area contributed by atoms with Gasteiger partial charge in [0.2, 0.25) is 0 Å². The van der Waals surface area contributed by atoms with E-state index in [4.69, 9.17) is 4.55 Å². The summed E-state index contributed by atoms with van der Waals surface area (Å²) in [4.78, 5) is 0.907. The molecule has 0 bridgehead atoms. The average Bonchev–Trinajstić information content (AvgIpc) is 2.07. The summed E-state index contributed by atoms with van der Waals surface area (Å²) in [6.07, 6.45) is 2.29. The van der Waals surface area contributed by atoms with Crippen LogP contribution in [0.2, 0.25) is 0 Å². The van der Waals surface area contributed by atoms with E-state index in [9.17, 15) is 0 Å². The number of benzene rings is 1. The molecule has 1 aromatic rings. The maximum atomic E-state index is 8.68. The van der Waals surface area contributed by atoms with Crippen LogP contribution in [-0.2, 0) is 6.42 Å². The van der Waals surface area contributed by atoms with E-state index in [2.05, 4.69) is 19.1 Å². The summed E-state index contributed by atoms with van der Waals surface area (Å²) in [5, 5.41) is 0. The zero-order valence-electron chi connectivity index (χ0n) is 6.58. The van der Waals surface area contributed by atoms with Crippen LogP contribution in [0.4, 0.5) is 0 Å². The molecule has 0 saturated carbocycles. The Morgan fingerprint density at radius 1 is 1.27 bits per heavy atom. The van der Waals surface area contributed by atoms with E-state index in [0.29, 0.717) is 0 Å². The van der Waals surface area contributed by atoms with Crippen molar-refractivity contribution in [3.05, 3.63) is 29.8 Å². The Kier molecular flexibility index (Phi) is 3.46. The van der Waals surface area contributed by atoms with Gasteiger partial charge in [-0.25, -0.2) is 0 Å². The summed E-state index contributed by atoms with van der Waals surface area (Å²) in [7, 11) is 0. The van der Waals surface area contributed by atoms with E-state index < -0.39 is 0 Å². The Morgan fingerprint density at radius 3 is 2.36 bits per heavy atom. The van der Waals surface area contributed by atoms with Crippen molar-refractivity contribution in [1.82, 2.24) is 0 Å². The Morgan fingerprint density at radius 2 is 1.91 bits per heavy atom. The predicted octanol–water partition coefficient (Wildman–Crippen LogP) is 3.20. The molecule has 1 aromatic carbocycles.